The number of imide groups is 1. The molecule has 0 spiro atoms. The lowest BCUT2D eigenvalue weighted by Gasteiger charge is -2.18. The Balaban J connectivity index is 1.50. The van der Waals surface area contributed by atoms with Gasteiger partial charge in [-0.3, -0.25) is 19.3 Å². The van der Waals surface area contributed by atoms with Crippen molar-refractivity contribution >= 4 is 29.3 Å². The van der Waals surface area contributed by atoms with Gasteiger partial charge in [0.25, 0.3) is 17.7 Å². The van der Waals surface area contributed by atoms with E-state index in [2.05, 4.69) is 0 Å². The van der Waals surface area contributed by atoms with Gasteiger partial charge in [0.05, 0.1) is 23.8 Å². The summed E-state index contributed by atoms with van der Waals surface area (Å²) in [5.74, 6) is -0.912. The number of amides is 3. The fourth-order valence-electron chi connectivity index (χ4n) is 3.74. The van der Waals surface area contributed by atoms with Crippen LogP contribution in [0.1, 0.15) is 49.5 Å². The zero-order valence-corrected chi connectivity index (χ0v) is 16.8. The number of rotatable bonds is 5. The molecule has 1 fully saturated rings. The molecule has 6 nitrogen and oxygen atoms in total. The third-order valence-electron chi connectivity index (χ3n) is 5.31. The fraction of sp³-hybridized carbons (Fsp3) is 0.318. The second-order valence-corrected chi connectivity index (χ2v) is 7.84. The van der Waals surface area contributed by atoms with Gasteiger partial charge in [-0.15, -0.1) is 0 Å². The molecule has 2 aromatic rings. The standard InChI is InChI=1S/C22H21ClN2O4/c1-24(12-14-4-7-16(23)8-5-14)20(26)15-6-9-18-19(11-15)22(28)25(21(18)27)13-17-3-2-10-29-17/h4-9,11,17H,2-3,10,12-13H2,1H3. The number of nitrogens with zero attached hydrogens (tertiary/aromatic N) is 2. The van der Waals surface area contributed by atoms with Crippen LogP contribution in [0.5, 0.6) is 0 Å². The van der Waals surface area contributed by atoms with Crippen LogP contribution in [0.25, 0.3) is 0 Å². The van der Waals surface area contributed by atoms with Crippen molar-refractivity contribution in [1.82, 2.24) is 9.80 Å². The van der Waals surface area contributed by atoms with Crippen LogP contribution in [0.4, 0.5) is 0 Å². The van der Waals surface area contributed by atoms with Gasteiger partial charge in [0, 0.05) is 30.8 Å². The van der Waals surface area contributed by atoms with E-state index >= 15 is 0 Å². The van der Waals surface area contributed by atoms with Crippen molar-refractivity contribution in [2.45, 2.75) is 25.5 Å². The lowest BCUT2D eigenvalue weighted by Crippen LogP contribution is -2.36. The maximum atomic E-state index is 12.8. The summed E-state index contributed by atoms with van der Waals surface area (Å²) >= 11 is 5.90. The Morgan fingerprint density at radius 1 is 1.14 bits per heavy atom. The normalized spacial score (nSPS) is 18.3. The molecule has 0 radical (unpaired) electrons. The second kappa shape index (κ2) is 7.97. The topological polar surface area (TPSA) is 66.9 Å². The maximum absolute atomic E-state index is 12.8. The highest BCUT2D eigenvalue weighted by Crippen LogP contribution is 2.26. The van der Waals surface area contributed by atoms with Gasteiger partial charge in [-0.05, 0) is 48.7 Å². The quantitative estimate of drug-likeness (QED) is 0.706. The predicted octanol–water partition coefficient (Wildman–Crippen LogP) is 3.39. The molecule has 0 aromatic heterocycles. The van der Waals surface area contributed by atoms with Crippen LogP contribution >= 0.6 is 11.6 Å². The lowest BCUT2D eigenvalue weighted by molar-refractivity contribution is 0.0475. The number of fused-ring (bicyclic) bond motifs is 1. The molecule has 2 heterocycles. The minimum Gasteiger partial charge on any atom is -0.376 e. The van der Waals surface area contributed by atoms with E-state index in [1.54, 1.807) is 36.2 Å². The largest absolute Gasteiger partial charge is 0.376 e. The number of benzene rings is 2. The first-order valence-electron chi connectivity index (χ1n) is 9.56. The molecule has 7 heteroatoms. The smallest absolute Gasteiger partial charge is 0.261 e. The Morgan fingerprint density at radius 2 is 1.86 bits per heavy atom. The van der Waals surface area contributed by atoms with E-state index in [1.807, 2.05) is 12.1 Å². The minimum absolute atomic E-state index is 0.108. The molecule has 3 amide bonds. The van der Waals surface area contributed by atoms with Crippen LogP contribution in [0, 0.1) is 0 Å². The first kappa shape index (κ1) is 19.6. The highest BCUT2D eigenvalue weighted by molar-refractivity contribution is 6.30. The summed E-state index contributed by atoms with van der Waals surface area (Å²) in [6.07, 6.45) is 1.67. The number of hydrogen-bond donors (Lipinski definition) is 0. The molecule has 2 aliphatic heterocycles. The van der Waals surface area contributed by atoms with Crippen LogP contribution in [-0.4, -0.2) is 53.8 Å². The van der Waals surface area contributed by atoms with Crippen molar-refractivity contribution in [2.24, 2.45) is 0 Å². The number of hydrogen-bond acceptors (Lipinski definition) is 4. The molecular weight excluding hydrogens is 392 g/mol. The van der Waals surface area contributed by atoms with Crippen molar-refractivity contribution in [3.05, 3.63) is 69.7 Å². The molecule has 1 saturated heterocycles. The summed E-state index contributed by atoms with van der Waals surface area (Å²) in [6.45, 7) is 1.32. The van der Waals surface area contributed by atoms with Crippen LogP contribution in [0.2, 0.25) is 5.02 Å². The van der Waals surface area contributed by atoms with Crippen molar-refractivity contribution in [3.63, 3.8) is 0 Å². The third kappa shape index (κ3) is 3.91. The Bertz CT molecular complexity index is 967. The van der Waals surface area contributed by atoms with Crippen molar-refractivity contribution in [2.75, 3.05) is 20.2 Å². The van der Waals surface area contributed by atoms with Gasteiger partial charge >= 0.3 is 0 Å². The molecule has 1 atom stereocenters. The van der Waals surface area contributed by atoms with Gasteiger partial charge in [-0.2, -0.15) is 0 Å². The molecule has 0 N–H and O–H groups in total. The Morgan fingerprint density at radius 3 is 2.55 bits per heavy atom. The van der Waals surface area contributed by atoms with E-state index in [4.69, 9.17) is 16.3 Å². The first-order valence-corrected chi connectivity index (χ1v) is 9.93. The Labute approximate surface area is 174 Å². The molecular formula is C22H21ClN2O4. The maximum Gasteiger partial charge on any atom is 0.261 e. The van der Waals surface area contributed by atoms with E-state index in [0.717, 1.165) is 18.4 Å². The molecule has 150 valence electrons. The molecule has 0 bridgehead atoms. The van der Waals surface area contributed by atoms with E-state index in [9.17, 15) is 14.4 Å². The number of halogens is 1. The molecule has 4 rings (SSSR count). The summed E-state index contributed by atoms with van der Waals surface area (Å²) in [6, 6.07) is 12.0. The van der Waals surface area contributed by atoms with E-state index in [0.29, 0.717) is 29.3 Å². The Kier molecular flexibility index (Phi) is 5.39. The van der Waals surface area contributed by atoms with Crippen molar-refractivity contribution in [3.8, 4) is 0 Å². The second-order valence-electron chi connectivity index (χ2n) is 7.40. The third-order valence-corrected chi connectivity index (χ3v) is 5.56. The number of ether oxygens (including phenoxy) is 1. The van der Waals surface area contributed by atoms with Crippen LogP contribution in [0.3, 0.4) is 0 Å². The van der Waals surface area contributed by atoms with Gasteiger partial charge in [-0.1, -0.05) is 23.7 Å². The average Bonchev–Trinajstić information content (AvgIpc) is 3.32. The molecule has 0 aliphatic carbocycles. The summed E-state index contributed by atoms with van der Waals surface area (Å²) in [5, 5.41) is 0.636. The minimum atomic E-state index is -0.365. The molecule has 1 unspecified atom stereocenters. The van der Waals surface area contributed by atoms with Gasteiger partial charge < -0.3 is 9.64 Å². The van der Waals surface area contributed by atoms with Crippen molar-refractivity contribution < 1.29 is 19.1 Å². The van der Waals surface area contributed by atoms with Crippen LogP contribution in [-0.2, 0) is 11.3 Å². The zero-order valence-electron chi connectivity index (χ0n) is 16.1. The van der Waals surface area contributed by atoms with E-state index in [-0.39, 0.29) is 35.9 Å². The van der Waals surface area contributed by atoms with Crippen LogP contribution in [0.15, 0.2) is 42.5 Å². The highest BCUT2D eigenvalue weighted by Gasteiger charge is 2.38. The summed E-state index contributed by atoms with van der Waals surface area (Å²) < 4.78 is 5.55. The summed E-state index contributed by atoms with van der Waals surface area (Å²) in [7, 11) is 1.70. The predicted molar refractivity (Wildman–Crippen MR) is 108 cm³/mol. The van der Waals surface area contributed by atoms with E-state index in [1.165, 1.54) is 11.0 Å². The van der Waals surface area contributed by atoms with Crippen molar-refractivity contribution in [1.29, 1.82) is 0 Å². The van der Waals surface area contributed by atoms with E-state index < -0.39 is 0 Å². The highest BCUT2D eigenvalue weighted by atomic mass is 35.5. The molecule has 2 aromatic carbocycles. The Hall–Kier alpha value is -2.70. The molecule has 2 aliphatic rings. The van der Waals surface area contributed by atoms with Gasteiger partial charge in [0.1, 0.15) is 0 Å². The van der Waals surface area contributed by atoms with Gasteiger partial charge in [0.2, 0.25) is 0 Å². The molecule has 0 saturated carbocycles. The van der Waals surface area contributed by atoms with Gasteiger partial charge in [0.15, 0.2) is 0 Å². The zero-order chi connectivity index (χ0) is 20.5. The fourth-order valence-corrected chi connectivity index (χ4v) is 3.86. The lowest BCUT2D eigenvalue weighted by atomic mass is 10.0. The SMILES string of the molecule is CN(Cc1ccc(Cl)cc1)C(=O)c1ccc2c(c1)C(=O)N(CC1CCCO1)C2=O. The summed E-state index contributed by atoms with van der Waals surface area (Å²) in [5.41, 5.74) is 1.93. The monoisotopic (exact) mass is 412 g/mol. The average molecular weight is 413 g/mol. The number of carbonyl (C=O) groups excluding carboxylic acids is 3. The first-order chi connectivity index (χ1) is 13.9. The number of carbonyl (C=O) groups is 3. The summed E-state index contributed by atoms with van der Waals surface area (Å²) in [4.78, 5) is 41.0. The molecule has 29 heavy (non-hydrogen) atoms. The van der Waals surface area contributed by atoms with Crippen LogP contribution < -0.4 is 0 Å². The van der Waals surface area contributed by atoms with Gasteiger partial charge in [-0.25, -0.2) is 0 Å².